The number of hydrogen-bond acceptors (Lipinski definition) is 1. The second kappa shape index (κ2) is 2.23. The summed E-state index contributed by atoms with van der Waals surface area (Å²) in [6, 6.07) is 0. The summed E-state index contributed by atoms with van der Waals surface area (Å²) < 4.78 is 1.87. The number of aryl methyl sites for hydroxylation is 1. The van der Waals surface area contributed by atoms with E-state index in [0.717, 1.165) is 0 Å². The van der Waals surface area contributed by atoms with Gasteiger partial charge in [-0.15, -0.1) is 0 Å². The third-order valence-corrected chi connectivity index (χ3v) is 3.56. The van der Waals surface area contributed by atoms with Gasteiger partial charge in [0.1, 0.15) is 0 Å². The Balaban J connectivity index is 2.96. The molecule has 0 aliphatic carbocycles. The van der Waals surface area contributed by atoms with Gasteiger partial charge in [-0.25, -0.2) is 0 Å². The summed E-state index contributed by atoms with van der Waals surface area (Å²) in [7, 11) is 0.866. The maximum Gasteiger partial charge on any atom is 0.0817 e. The zero-order chi connectivity index (χ0) is 7.78. The molecular weight excluding hydrogens is 140 g/mol. The van der Waals surface area contributed by atoms with Crippen molar-refractivity contribution in [1.82, 2.24) is 9.78 Å². The summed E-state index contributed by atoms with van der Waals surface area (Å²) >= 11 is 0. The zero-order valence-corrected chi connectivity index (χ0v) is 8.05. The van der Waals surface area contributed by atoms with Crippen LogP contribution in [0.4, 0.5) is 0 Å². The Morgan fingerprint density at radius 1 is 1.40 bits per heavy atom. The highest BCUT2D eigenvalue weighted by Gasteiger charge is 2.17. The van der Waals surface area contributed by atoms with Gasteiger partial charge in [0.05, 0.1) is 8.07 Å². The topological polar surface area (TPSA) is 17.8 Å². The molecule has 0 spiro atoms. The number of aromatic nitrogens is 2. The summed E-state index contributed by atoms with van der Waals surface area (Å²) in [6.07, 6.45) is 4.10. The molecule has 0 atom stereocenters. The number of hydrogen-bond donors (Lipinski definition) is 0. The van der Waals surface area contributed by atoms with Gasteiger partial charge in [-0.3, -0.25) is 4.68 Å². The van der Waals surface area contributed by atoms with Crippen molar-refractivity contribution in [3.05, 3.63) is 12.4 Å². The molecule has 1 aromatic heterocycles. The molecule has 0 unspecified atom stereocenters. The van der Waals surface area contributed by atoms with Gasteiger partial charge >= 0.3 is 0 Å². The third kappa shape index (κ3) is 1.47. The van der Waals surface area contributed by atoms with E-state index in [1.807, 2.05) is 17.9 Å². The SMILES string of the molecule is Cn1cc([Si](C)(C)C)cn1. The zero-order valence-electron chi connectivity index (χ0n) is 7.05. The molecule has 0 aliphatic heterocycles. The van der Waals surface area contributed by atoms with Crippen molar-refractivity contribution >= 4 is 13.3 Å². The molecule has 0 saturated heterocycles. The van der Waals surface area contributed by atoms with E-state index in [4.69, 9.17) is 0 Å². The van der Waals surface area contributed by atoms with Crippen LogP contribution in [0.1, 0.15) is 0 Å². The van der Waals surface area contributed by atoms with Crippen LogP contribution in [0.15, 0.2) is 12.4 Å². The normalized spacial score (nSPS) is 12.0. The molecule has 0 bridgehead atoms. The molecule has 56 valence electrons. The first-order valence-corrected chi connectivity index (χ1v) is 6.99. The molecular formula is C7H14N2Si. The van der Waals surface area contributed by atoms with Gasteiger partial charge in [-0.2, -0.15) is 5.10 Å². The van der Waals surface area contributed by atoms with Gasteiger partial charge in [0, 0.05) is 19.4 Å². The lowest BCUT2D eigenvalue weighted by Crippen LogP contribution is -2.36. The van der Waals surface area contributed by atoms with E-state index in [0.29, 0.717) is 0 Å². The van der Waals surface area contributed by atoms with E-state index in [9.17, 15) is 0 Å². The molecule has 1 heterocycles. The quantitative estimate of drug-likeness (QED) is 0.551. The second-order valence-electron chi connectivity index (χ2n) is 3.65. The van der Waals surface area contributed by atoms with E-state index >= 15 is 0 Å². The molecule has 0 saturated carbocycles. The summed E-state index contributed by atoms with van der Waals surface area (Å²) in [5, 5.41) is 5.56. The van der Waals surface area contributed by atoms with Gasteiger partial charge in [0.25, 0.3) is 0 Å². The van der Waals surface area contributed by atoms with E-state index in [1.165, 1.54) is 5.19 Å². The lowest BCUT2D eigenvalue weighted by Gasteiger charge is -2.11. The predicted molar refractivity (Wildman–Crippen MR) is 46.2 cm³/mol. The highest BCUT2D eigenvalue weighted by Crippen LogP contribution is 1.99. The maximum absolute atomic E-state index is 4.13. The van der Waals surface area contributed by atoms with E-state index in [-0.39, 0.29) is 0 Å². The lowest BCUT2D eigenvalue weighted by molar-refractivity contribution is 0.768. The monoisotopic (exact) mass is 154 g/mol. The molecule has 0 fully saturated rings. The molecule has 0 aromatic carbocycles. The first kappa shape index (κ1) is 7.53. The van der Waals surface area contributed by atoms with Crippen molar-refractivity contribution in [3.63, 3.8) is 0 Å². The highest BCUT2D eigenvalue weighted by molar-refractivity contribution is 6.88. The van der Waals surface area contributed by atoms with Crippen LogP contribution in [-0.4, -0.2) is 17.9 Å². The van der Waals surface area contributed by atoms with Gasteiger partial charge in [0.15, 0.2) is 0 Å². The fourth-order valence-electron chi connectivity index (χ4n) is 0.809. The molecule has 3 heteroatoms. The van der Waals surface area contributed by atoms with Crippen molar-refractivity contribution in [2.45, 2.75) is 19.6 Å². The minimum absolute atomic E-state index is 1.10. The molecule has 10 heavy (non-hydrogen) atoms. The van der Waals surface area contributed by atoms with Crippen LogP contribution in [0, 0.1) is 0 Å². The largest absolute Gasteiger partial charge is 0.276 e. The third-order valence-electron chi connectivity index (χ3n) is 1.57. The Hall–Kier alpha value is -0.573. The number of nitrogens with zero attached hydrogens (tertiary/aromatic N) is 2. The second-order valence-corrected chi connectivity index (χ2v) is 8.73. The van der Waals surface area contributed by atoms with Crippen molar-refractivity contribution in [3.8, 4) is 0 Å². The van der Waals surface area contributed by atoms with E-state index in [1.54, 1.807) is 0 Å². The lowest BCUT2D eigenvalue weighted by atomic mass is 10.7. The van der Waals surface area contributed by atoms with Crippen molar-refractivity contribution < 1.29 is 0 Å². The molecule has 0 N–H and O–H groups in total. The first-order chi connectivity index (χ1) is 4.50. The Kier molecular flexibility index (Phi) is 1.68. The van der Waals surface area contributed by atoms with Gasteiger partial charge in [-0.1, -0.05) is 19.6 Å². The standard InChI is InChI=1S/C7H14N2Si/c1-9-6-7(5-8-9)10(2,3)4/h5-6H,1-4H3. The van der Waals surface area contributed by atoms with Crippen molar-refractivity contribution in [1.29, 1.82) is 0 Å². The fraction of sp³-hybridized carbons (Fsp3) is 0.571. The smallest absolute Gasteiger partial charge is 0.0817 e. The first-order valence-electron chi connectivity index (χ1n) is 3.49. The average molecular weight is 154 g/mol. The molecule has 0 radical (unpaired) electrons. The van der Waals surface area contributed by atoms with Crippen LogP contribution in [-0.2, 0) is 7.05 Å². The number of rotatable bonds is 1. The Labute approximate surface area is 62.9 Å². The van der Waals surface area contributed by atoms with Crippen LogP contribution in [0.3, 0.4) is 0 Å². The Morgan fingerprint density at radius 2 is 2.00 bits per heavy atom. The summed E-state index contributed by atoms with van der Waals surface area (Å²) in [4.78, 5) is 0. The minimum Gasteiger partial charge on any atom is -0.276 e. The molecule has 0 aliphatic rings. The van der Waals surface area contributed by atoms with Crippen LogP contribution < -0.4 is 5.19 Å². The Morgan fingerprint density at radius 3 is 2.20 bits per heavy atom. The summed E-state index contributed by atoms with van der Waals surface area (Å²) in [6.45, 7) is 6.97. The minimum atomic E-state index is -1.10. The molecule has 2 nitrogen and oxygen atoms in total. The van der Waals surface area contributed by atoms with Crippen LogP contribution in [0.2, 0.25) is 19.6 Å². The molecule has 1 rings (SSSR count). The summed E-state index contributed by atoms with van der Waals surface area (Å²) in [5.41, 5.74) is 0. The molecule has 1 aromatic rings. The van der Waals surface area contributed by atoms with Gasteiger partial charge in [-0.05, 0) is 5.19 Å². The van der Waals surface area contributed by atoms with Crippen LogP contribution in [0.25, 0.3) is 0 Å². The Bertz CT molecular complexity index is 222. The van der Waals surface area contributed by atoms with Crippen molar-refractivity contribution in [2.24, 2.45) is 7.05 Å². The van der Waals surface area contributed by atoms with Crippen LogP contribution in [0.5, 0.6) is 0 Å². The van der Waals surface area contributed by atoms with Gasteiger partial charge in [0.2, 0.25) is 0 Å². The highest BCUT2D eigenvalue weighted by atomic mass is 28.3. The maximum atomic E-state index is 4.13. The van der Waals surface area contributed by atoms with Crippen molar-refractivity contribution in [2.75, 3.05) is 0 Å². The van der Waals surface area contributed by atoms with E-state index < -0.39 is 8.07 Å². The molecule has 0 amide bonds. The fourth-order valence-corrected chi connectivity index (χ4v) is 1.83. The van der Waals surface area contributed by atoms with Crippen LogP contribution >= 0.6 is 0 Å². The van der Waals surface area contributed by atoms with Gasteiger partial charge < -0.3 is 0 Å². The average Bonchev–Trinajstić information content (AvgIpc) is 2.11. The summed E-state index contributed by atoms with van der Waals surface area (Å²) in [5.74, 6) is 0. The van der Waals surface area contributed by atoms with E-state index in [2.05, 4.69) is 30.9 Å². The predicted octanol–water partition coefficient (Wildman–Crippen LogP) is 0.965.